The molecule has 1 N–H and O–H groups in total. The summed E-state index contributed by atoms with van der Waals surface area (Å²) in [5.41, 5.74) is 2.14. The van der Waals surface area contributed by atoms with Gasteiger partial charge in [0.25, 0.3) is 0 Å². The molecule has 1 aromatic carbocycles. The predicted molar refractivity (Wildman–Crippen MR) is 82.8 cm³/mol. The fourth-order valence-electron chi connectivity index (χ4n) is 2.17. The summed E-state index contributed by atoms with van der Waals surface area (Å²) >= 11 is 0. The van der Waals surface area contributed by atoms with Gasteiger partial charge in [-0.2, -0.15) is 5.10 Å². The van der Waals surface area contributed by atoms with E-state index in [0.29, 0.717) is 11.4 Å². The number of nitro groups is 1. The van der Waals surface area contributed by atoms with Gasteiger partial charge in [-0.25, -0.2) is 0 Å². The SMILES string of the molecule is CCc1ccc(NC(=O)C(C)n2ncc([N+](=O)[O-])c2C)cc1. The Morgan fingerprint density at radius 1 is 1.41 bits per heavy atom. The number of rotatable bonds is 5. The zero-order valence-corrected chi connectivity index (χ0v) is 12.7. The Balaban J connectivity index is 2.13. The maximum atomic E-state index is 12.3. The molecule has 1 unspecified atom stereocenters. The Morgan fingerprint density at radius 2 is 2.05 bits per heavy atom. The number of hydrogen-bond donors (Lipinski definition) is 1. The van der Waals surface area contributed by atoms with Crippen LogP contribution >= 0.6 is 0 Å². The number of carbonyl (C=O) groups excluding carboxylic acids is 1. The number of benzene rings is 1. The van der Waals surface area contributed by atoms with E-state index in [9.17, 15) is 14.9 Å². The van der Waals surface area contributed by atoms with Crippen molar-refractivity contribution in [2.24, 2.45) is 0 Å². The number of carbonyl (C=O) groups is 1. The summed E-state index contributed by atoms with van der Waals surface area (Å²) in [5.74, 6) is -0.273. The molecule has 0 spiro atoms. The Kier molecular flexibility index (Phi) is 4.55. The van der Waals surface area contributed by atoms with E-state index in [1.807, 2.05) is 24.3 Å². The first-order chi connectivity index (χ1) is 10.4. The molecule has 0 fully saturated rings. The standard InChI is InChI=1S/C15H18N4O3/c1-4-12-5-7-13(8-6-12)17-15(20)11(3)18-10(2)14(9-16-18)19(21)22/h5-9,11H,4H2,1-3H3,(H,17,20). The van der Waals surface area contributed by atoms with Gasteiger partial charge in [0, 0.05) is 5.69 Å². The molecule has 22 heavy (non-hydrogen) atoms. The highest BCUT2D eigenvalue weighted by Crippen LogP contribution is 2.21. The number of aryl methyl sites for hydroxylation is 1. The molecular weight excluding hydrogens is 284 g/mol. The lowest BCUT2D eigenvalue weighted by molar-refractivity contribution is -0.385. The molecule has 7 heteroatoms. The molecule has 0 radical (unpaired) electrons. The summed E-state index contributed by atoms with van der Waals surface area (Å²) in [6.07, 6.45) is 2.09. The second-order valence-electron chi connectivity index (χ2n) is 5.03. The van der Waals surface area contributed by atoms with Crippen LogP contribution in [0.15, 0.2) is 30.5 Å². The van der Waals surface area contributed by atoms with Crippen molar-refractivity contribution in [2.45, 2.75) is 33.2 Å². The molecule has 1 atom stereocenters. The molecule has 2 aromatic rings. The zero-order chi connectivity index (χ0) is 16.3. The molecule has 1 heterocycles. The summed E-state index contributed by atoms with van der Waals surface area (Å²) in [6.45, 7) is 5.29. The summed E-state index contributed by atoms with van der Waals surface area (Å²) in [7, 11) is 0. The van der Waals surface area contributed by atoms with Crippen molar-refractivity contribution in [1.29, 1.82) is 0 Å². The first-order valence-electron chi connectivity index (χ1n) is 7.02. The lowest BCUT2D eigenvalue weighted by Crippen LogP contribution is -2.25. The molecule has 0 aliphatic rings. The number of aromatic nitrogens is 2. The lowest BCUT2D eigenvalue weighted by atomic mass is 10.1. The highest BCUT2D eigenvalue weighted by atomic mass is 16.6. The minimum absolute atomic E-state index is 0.0908. The average Bonchev–Trinajstić information content (AvgIpc) is 2.89. The Hall–Kier alpha value is -2.70. The van der Waals surface area contributed by atoms with Crippen LogP contribution in [-0.4, -0.2) is 20.6 Å². The molecule has 1 aromatic heterocycles. The molecule has 0 saturated carbocycles. The third kappa shape index (κ3) is 3.13. The van der Waals surface area contributed by atoms with Gasteiger partial charge in [0.1, 0.15) is 17.9 Å². The van der Waals surface area contributed by atoms with Gasteiger partial charge in [0.15, 0.2) is 0 Å². The van der Waals surface area contributed by atoms with Crippen molar-refractivity contribution >= 4 is 17.3 Å². The van der Waals surface area contributed by atoms with Gasteiger partial charge in [-0.3, -0.25) is 19.6 Å². The van der Waals surface area contributed by atoms with E-state index in [-0.39, 0.29) is 11.6 Å². The third-order valence-corrected chi connectivity index (χ3v) is 3.59. The number of hydrogen-bond acceptors (Lipinski definition) is 4. The fraction of sp³-hybridized carbons (Fsp3) is 0.333. The molecule has 2 rings (SSSR count). The normalized spacial score (nSPS) is 12.0. The van der Waals surface area contributed by atoms with E-state index in [4.69, 9.17) is 0 Å². The van der Waals surface area contributed by atoms with Crippen molar-refractivity contribution in [1.82, 2.24) is 9.78 Å². The van der Waals surface area contributed by atoms with Crippen molar-refractivity contribution in [2.75, 3.05) is 5.32 Å². The van der Waals surface area contributed by atoms with E-state index >= 15 is 0 Å². The molecule has 1 amide bonds. The highest BCUT2D eigenvalue weighted by Gasteiger charge is 2.23. The molecule has 0 saturated heterocycles. The van der Waals surface area contributed by atoms with Gasteiger partial charge < -0.3 is 5.32 Å². The van der Waals surface area contributed by atoms with Gasteiger partial charge in [-0.15, -0.1) is 0 Å². The first kappa shape index (κ1) is 15.7. The molecule has 0 aliphatic carbocycles. The third-order valence-electron chi connectivity index (χ3n) is 3.59. The maximum Gasteiger partial charge on any atom is 0.309 e. The Bertz CT molecular complexity index is 691. The Morgan fingerprint density at radius 3 is 2.55 bits per heavy atom. The van der Waals surface area contributed by atoms with Crippen LogP contribution < -0.4 is 5.32 Å². The minimum Gasteiger partial charge on any atom is -0.324 e. The van der Waals surface area contributed by atoms with Gasteiger partial charge >= 0.3 is 5.69 Å². The van der Waals surface area contributed by atoms with Gasteiger partial charge in [-0.1, -0.05) is 19.1 Å². The highest BCUT2D eigenvalue weighted by molar-refractivity contribution is 5.93. The zero-order valence-electron chi connectivity index (χ0n) is 12.7. The van der Waals surface area contributed by atoms with Crippen molar-refractivity contribution < 1.29 is 9.72 Å². The predicted octanol–water partition coefficient (Wildman–Crippen LogP) is 2.86. The summed E-state index contributed by atoms with van der Waals surface area (Å²) in [4.78, 5) is 22.6. The van der Waals surface area contributed by atoms with Crippen molar-refractivity contribution in [3.8, 4) is 0 Å². The molecule has 116 valence electrons. The second kappa shape index (κ2) is 6.38. The van der Waals surface area contributed by atoms with Crippen LogP contribution in [0.2, 0.25) is 0 Å². The van der Waals surface area contributed by atoms with E-state index in [2.05, 4.69) is 17.3 Å². The average molecular weight is 302 g/mol. The van der Waals surface area contributed by atoms with E-state index < -0.39 is 11.0 Å². The molecular formula is C15H18N4O3. The van der Waals surface area contributed by atoms with Gasteiger partial charge in [0.2, 0.25) is 5.91 Å². The van der Waals surface area contributed by atoms with Crippen LogP contribution in [-0.2, 0) is 11.2 Å². The van der Waals surface area contributed by atoms with E-state index in [1.165, 1.54) is 10.2 Å². The second-order valence-corrected chi connectivity index (χ2v) is 5.03. The molecule has 0 bridgehead atoms. The summed E-state index contributed by atoms with van der Waals surface area (Å²) < 4.78 is 1.36. The number of anilines is 1. The van der Waals surface area contributed by atoms with Crippen LogP contribution in [0.1, 0.15) is 31.1 Å². The molecule has 0 aliphatic heterocycles. The minimum atomic E-state index is -0.639. The van der Waals surface area contributed by atoms with Crippen LogP contribution in [0.5, 0.6) is 0 Å². The monoisotopic (exact) mass is 302 g/mol. The number of nitrogens with one attached hydrogen (secondary N) is 1. The summed E-state index contributed by atoms with van der Waals surface area (Å²) in [6, 6.07) is 6.93. The first-order valence-corrected chi connectivity index (χ1v) is 7.02. The van der Waals surface area contributed by atoms with Crippen molar-refractivity contribution in [3.63, 3.8) is 0 Å². The lowest BCUT2D eigenvalue weighted by Gasteiger charge is -2.14. The topological polar surface area (TPSA) is 90.1 Å². The quantitative estimate of drug-likeness (QED) is 0.679. The van der Waals surface area contributed by atoms with Crippen LogP contribution in [0, 0.1) is 17.0 Å². The fourth-order valence-corrected chi connectivity index (χ4v) is 2.17. The largest absolute Gasteiger partial charge is 0.324 e. The smallest absolute Gasteiger partial charge is 0.309 e. The number of amides is 1. The van der Waals surface area contributed by atoms with Crippen molar-refractivity contribution in [3.05, 3.63) is 51.8 Å². The van der Waals surface area contributed by atoms with Crippen LogP contribution in [0.25, 0.3) is 0 Å². The van der Waals surface area contributed by atoms with E-state index in [1.54, 1.807) is 13.8 Å². The summed E-state index contributed by atoms with van der Waals surface area (Å²) in [5, 5.41) is 17.6. The molecule has 7 nitrogen and oxygen atoms in total. The van der Waals surface area contributed by atoms with Crippen LogP contribution in [0.3, 0.4) is 0 Å². The number of nitrogens with zero attached hydrogens (tertiary/aromatic N) is 3. The van der Waals surface area contributed by atoms with E-state index in [0.717, 1.165) is 12.6 Å². The van der Waals surface area contributed by atoms with Crippen LogP contribution in [0.4, 0.5) is 11.4 Å². The van der Waals surface area contributed by atoms with Gasteiger partial charge in [-0.05, 0) is 38.0 Å². The maximum absolute atomic E-state index is 12.3. The Labute approximate surface area is 128 Å². The van der Waals surface area contributed by atoms with Gasteiger partial charge in [0.05, 0.1) is 4.92 Å².